The van der Waals surface area contributed by atoms with E-state index in [1.54, 1.807) is 12.1 Å². The van der Waals surface area contributed by atoms with Crippen LogP contribution in [0.5, 0.6) is 5.75 Å². The number of carbonyl (C=O) groups is 1. The minimum Gasteiger partial charge on any atom is -0.426 e. The van der Waals surface area contributed by atoms with Gasteiger partial charge in [0.05, 0.1) is 16.6 Å². The van der Waals surface area contributed by atoms with Gasteiger partial charge in [-0.05, 0) is 80.7 Å². The third-order valence-corrected chi connectivity index (χ3v) is 8.35. The first kappa shape index (κ1) is 24.2. The molecule has 1 aliphatic heterocycles. The summed E-state index contributed by atoms with van der Waals surface area (Å²) in [5.74, 6) is 0.176. The Labute approximate surface area is 187 Å². The minimum absolute atomic E-state index is 0.0743. The van der Waals surface area contributed by atoms with Gasteiger partial charge < -0.3 is 20.3 Å². The summed E-state index contributed by atoms with van der Waals surface area (Å²) in [6.07, 6.45) is 2.93. The third kappa shape index (κ3) is 3.83. The first-order valence-corrected chi connectivity index (χ1v) is 11.9. The van der Waals surface area contributed by atoms with Crippen molar-refractivity contribution in [2.75, 3.05) is 0 Å². The van der Waals surface area contributed by atoms with E-state index in [9.17, 15) is 15.0 Å². The van der Waals surface area contributed by atoms with Crippen LogP contribution in [0.4, 0.5) is 0 Å². The summed E-state index contributed by atoms with van der Waals surface area (Å²) in [4.78, 5) is 13.5. The van der Waals surface area contributed by atoms with E-state index in [0.29, 0.717) is 42.6 Å². The van der Waals surface area contributed by atoms with Crippen LogP contribution in [0.1, 0.15) is 98.6 Å². The standard InChI is InChI=1S/C26H41NO4/c1-9-24(29,10-2)17-13-18(25(30,11-3)12-4)15-19(14-17)31-21(28)26(16-22(26,5)6)20-23(7,8)27-20/h13-15,20,27,29-30H,9-12,16H2,1-8H3. The van der Waals surface area contributed by atoms with Crippen molar-refractivity contribution >= 4 is 5.97 Å². The topological polar surface area (TPSA) is 88.7 Å². The van der Waals surface area contributed by atoms with Gasteiger partial charge in [-0.1, -0.05) is 41.5 Å². The molecule has 0 amide bonds. The molecule has 1 saturated heterocycles. The number of aliphatic hydroxyl groups is 2. The van der Waals surface area contributed by atoms with Crippen molar-refractivity contribution in [2.45, 2.75) is 110 Å². The van der Waals surface area contributed by atoms with Crippen LogP contribution in [0.15, 0.2) is 18.2 Å². The Hall–Kier alpha value is -1.43. The Bertz CT molecular complexity index is 815. The molecule has 2 aliphatic rings. The Morgan fingerprint density at radius 1 is 0.968 bits per heavy atom. The average Bonchev–Trinajstić information content (AvgIpc) is 3.57. The number of nitrogens with one attached hydrogen (secondary N) is 1. The molecule has 31 heavy (non-hydrogen) atoms. The summed E-state index contributed by atoms with van der Waals surface area (Å²) in [7, 11) is 0. The zero-order valence-electron chi connectivity index (χ0n) is 20.6. The first-order chi connectivity index (χ1) is 14.2. The van der Waals surface area contributed by atoms with E-state index in [4.69, 9.17) is 4.74 Å². The van der Waals surface area contributed by atoms with Crippen molar-refractivity contribution < 1.29 is 19.7 Å². The highest BCUT2D eigenvalue weighted by molar-refractivity contribution is 5.86. The zero-order chi connectivity index (χ0) is 23.5. The maximum atomic E-state index is 13.5. The average molecular weight is 432 g/mol. The van der Waals surface area contributed by atoms with Crippen LogP contribution in [-0.4, -0.2) is 27.8 Å². The SMILES string of the molecule is CCC(O)(CC)c1cc(OC(=O)C2(C3NC3(C)C)CC2(C)C)cc(C(O)(CC)CC)c1. The van der Waals surface area contributed by atoms with Crippen molar-refractivity contribution in [1.82, 2.24) is 5.32 Å². The van der Waals surface area contributed by atoms with Gasteiger partial charge in [-0.3, -0.25) is 4.79 Å². The van der Waals surface area contributed by atoms with Crippen LogP contribution in [0.3, 0.4) is 0 Å². The molecule has 174 valence electrons. The number of hydrogen-bond donors (Lipinski definition) is 3. The molecular formula is C26H41NO4. The molecule has 2 unspecified atom stereocenters. The Morgan fingerprint density at radius 2 is 1.35 bits per heavy atom. The molecule has 3 N–H and O–H groups in total. The van der Waals surface area contributed by atoms with E-state index in [0.717, 1.165) is 6.42 Å². The van der Waals surface area contributed by atoms with E-state index < -0.39 is 16.6 Å². The summed E-state index contributed by atoms with van der Waals surface area (Å²) >= 11 is 0. The second kappa shape index (κ2) is 7.57. The lowest BCUT2D eigenvalue weighted by Gasteiger charge is -2.31. The first-order valence-electron chi connectivity index (χ1n) is 11.9. The summed E-state index contributed by atoms with van der Waals surface area (Å²) < 4.78 is 6.02. The summed E-state index contributed by atoms with van der Waals surface area (Å²) in [6.45, 7) is 16.2. The van der Waals surface area contributed by atoms with Gasteiger partial charge >= 0.3 is 5.97 Å². The van der Waals surface area contributed by atoms with Gasteiger partial charge in [0.1, 0.15) is 5.75 Å². The van der Waals surface area contributed by atoms with Crippen LogP contribution < -0.4 is 10.1 Å². The smallest absolute Gasteiger partial charge is 0.319 e. The van der Waals surface area contributed by atoms with Crippen LogP contribution >= 0.6 is 0 Å². The molecule has 0 radical (unpaired) electrons. The molecule has 5 nitrogen and oxygen atoms in total. The highest BCUT2D eigenvalue weighted by Crippen LogP contribution is 2.70. The Kier molecular flexibility index (Phi) is 5.91. The molecule has 1 aromatic carbocycles. The van der Waals surface area contributed by atoms with Gasteiger partial charge in [0.2, 0.25) is 0 Å². The molecule has 0 bridgehead atoms. The Balaban J connectivity index is 2.02. The lowest BCUT2D eigenvalue weighted by atomic mass is 9.82. The second-order valence-corrected chi connectivity index (χ2v) is 10.9. The van der Waals surface area contributed by atoms with Gasteiger partial charge in [0, 0.05) is 11.6 Å². The van der Waals surface area contributed by atoms with Crippen LogP contribution in [-0.2, 0) is 16.0 Å². The molecule has 0 spiro atoms. The van der Waals surface area contributed by atoms with Crippen molar-refractivity contribution in [3.05, 3.63) is 29.3 Å². The van der Waals surface area contributed by atoms with Crippen molar-refractivity contribution in [1.29, 1.82) is 0 Å². The number of rotatable bonds is 9. The quantitative estimate of drug-likeness (QED) is 0.298. The van der Waals surface area contributed by atoms with Crippen molar-refractivity contribution in [2.24, 2.45) is 10.8 Å². The number of carbonyl (C=O) groups excluding carboxylic acids is 1. The Morgan fingerprint density at radius 3 is 1.65 bits per heavy atom. The third-order valence-electron chi connectivity index (χ3n) is 8.35. The van der Waals surface area contributed by atoms with E-state index in [2.05, 4.69) is 33.0 Å². The van der Waals surface area contributed by atoms with Crippen molar-refractivity contribution in [3.63, 3.8) is 0 Å². The maximum Gasteiger partial charge on any atom is 0.319 e. The van der Waals surface area contributed by atoms with Gasteiger partial charge in [-0.2, -0.15) is 0 Å². The normalized spacial score (nSPS) is 26.5. The molecule has 0 aromatic heterocycles. The second-order valence-electron chi connectivity index (χ2n) is 10.9. The van der Waals surface area contributed by atoms with Gasteiger partial charge in [-0.25, -0.2) is 0 Å². The van der Waals surface area contributed by atoms with Gasteiger partial charge in [0.25, 0.3) is 0 Å². The fourth-order valence-corrected chi connectivity index (χ4v) is 5.39. The van der Waals surface area contributed by atoms with E-state index in [1.165, 1.54) is 0 Å². The predicted molar refractivity (Wildman–Crippen MR) is 123 cm³/mol. The predicted octanol–water partition coefficient (Wildman–Crippen LogP) is 4.77. The largest absolute Gasteiger partial charge is 0.426 e. The van der Waals surface area contributed by atoms with Gasteiger partial charge in [-0.15, -0.1) is 0 Å². The molecule has 1 aromatic rings. The molecule has 1 heterocycles. The highest BCUT2D eigenvalue weighted by Gasteiger charge is 2.78. The minimum atomic E-state index is -1.03. The fraction of sp³-hybridized carbons (Fsp3) is 0.731. The summed E-state index contributed by atoms with van der Waals surface area (Å²) in [5.41, 5.74) is -1.44. The number of hydrogen-bond acceptors (Lipinski definition) is 5. The van der Waals surface area contributed by atoms with E-state index >= 15 is 0 Å². The van der Waals surface area contributed by atoms with E-state index in [1.807, 2.05) is 33.8 Å². The molecule has 2 atom stereocenters. The zero-order valence-corrected chi connectivity index (χ0v) is 20.6. The van der Waals surface area contributed by atoms with Gasteiger partial charge in [0.15, 0.2) is 0 Å². The van der Waals surface area contributed by atoms with Crippen LogP contribution in [0, 0.1) is 10.8 Å². The lowest BCUT2D eigenvalue weighted by Crippen LogP contribution is -2.34. The molecule has 1 saturated carbocycles. The lowest BCUT2D eigenvalue weighted by molar-refractivity contribution is -0.142. The molecular weight excluding hydrogens is 390 g/mol. The molecule has 5 heteroatoms. The number of benzene rings is 1. The van der Waals surface area contributed by atoms with E-state index in [-0.39, 0.29) is 23.0 Å². The number of esters is 1. The van der Waals surface area contributed by atoms with Crippen molar-refractivity contribution in [3.8, 4) is 5.75 Å². The molecule has 1 aliphatic carbocycles. The monoisotopic (exact) mass is 431 g/mol. The van der Waals surface area contributed by atoms with Crippen LogP contribution in [0.2, 0.25) is 0 Å². The molecule has 3 rings (SSSR count). The number of ether oxygens (including phenoxy) is 1. The maximum absolute atomic E-state index is 13.5. The summed E-state index contributed by atoms with van der Waals surface area (Å²) in [5, 5.41) is 25.8. The molecule has 2 fully saturated rings. The summed E-state index contributed by atoms with van der Waals surface area (Å²) in [6, 6.07) is 5.51. The fourth-order valence-electron chi connectivity index (χ4n) is 5.39. The van der Waals surface area contributed by atoms with Crippen LogP contribution in [0.25, 0.3) is 0 Å². The highest BCUT2D eigenvalue weighted by atomic mass is 16.5.